The zero-order chi connectivity index (χ0) is 19.2. The van der Waals surface area contributed by atoms with E-state index in [2.05, 4.69) is 49.1 Å². The Morgan fingerprint density at radius 3 is 2.11 bits per heavy atom. The van der Waals surface area contributed by atoms with Crippen molar-refractivity contribution in [2.75, 3.05) is 24.8 Å². The van der Waals surface area contributed by atoms with Crippen LogP contribution in [0.4, 0.5) is 5.69 Å². The lowest BCUT2D eigenvalue weighted by atomic mass is 9.80. The van der Waals surface area contributed by atoms with Crippen LogP contribution in [0, 0.1) is 17.8 Å². The summed E-state index contributed by atoms with van der Waals surface area (Å²) in [6, 6.07) is 20.2. The van der Waals surface area contributed by atoms with E-state index in [1.807, 2.05) is 30.3 Å². The number of rotatable bonds is 6. The Morgan fingerprint density at radius 1 is 1.00 bits per heavy atom. The van der Waals surface area contributed by atoms with Crippen LogP contribution >= 0.6 is 0 Å². The molecule has 4 nitrogen and oxygen atoms in total. The molecule has 0 aromatic heterocycles. The second kappa shape index (κ2) is 9.16. The molecule has 0 aliphatic carbocycles. The lowest BCUT2D eigenvalue weighted by Gasteiger charge is -2.41. The van der Waals surface area contributed by atoms with Gasteiger partial charge in [0, 0.05) is 26.6 Å². The van der Waals surface area contributed by atoms with Crippen molar-refractivity contribution < 1.29 is 9.63 Å². The van der Waals surface area contributed by atoms with Crippen molar-refractivity contribution in [3.05, 3.63) is 66.2 Å². The number of hydrogen-bond donors (Lipinski definition) is 0. The number of likely N-dealkylation sites (tertiary alicyclic amines) is 1. The summed E-state index contributed by atoms with van der Waals surface area (Å²) in [4.78, 5) is 20.5. The minimum absolute atomic E-state index is 0.0944. The highest BCUT2D eigenvalue weighted by atomic mass is 16.7. The van der Waals surface area contributed by atoms with E-state index >= 15 is 0 Å². The van der Waals surface area contributed by atoms with Crippen LogP contribution in [-0.2, 0) is 16.2 Å². The monoisotopic (exact) mass is 366 g/mol. The molecule has 3 rings (SSSR count). The largest absolute Gasteiger partial charge is 0.299 e. The van der Waals surface area contributed by atoms with Crippen molar-refractivity contribution in [3.63, 3.8) is 0 Å². The number of benzene rings is 2. The molecule has 0 radical (unpaired) electrons. The average Bonchev–Trinajstić information content (AvgIpc) is 2.65. The molecule has 1 aliphatic heterocycles. The smallest absolute Gasteiger partial charge is 0.247 e. The number of piperidine rings is 1. The number of hydrogen-bond acceptors (Lipinski definition) is 3. The molecule has 0 saturated carbocycles. The van der Waals surface area contributed by atoms with Crippen LogP contribution in [-0.4, -0.2) is 30.5 Å². The van der Waals surface area contributed by atoms with E-state index < -0.39 is 0 Å². The summed E-state index contributed by atoms with van der Waals surface area (Å²) in [7, 11) is 0. The van der Waals surface area contributed by atoms with Crippen LogP contribution in [0.1, 0.15) is 26.3 Å². The molecular weight excluding hydrogens is 336 g/mol. The van der Waals surface area contributed by atoms with E-state index in [1.54, 1.807) is 6.92 Å². The lowest BCUT2D eigenvalue weighted by Crippen LogP contribution is -2.46. The first-order valence-electron chi connectivity index (χ1n) is 9.79. The molecular formula is C23H30N2O2. The first-order valence-corrected chi connectivity index (χ1v) is 9.79. The molecule has 0 spiro atoms. The molecule has 0 N–H and O–H groups in total. The van der Waals surface area contributed by atoms with E-state index in [-0.39, 0.29) is 5.91 Å². The van der Waals surface area contributed by atoms with Gasteiger partial charge in [-0.2, -0.15) is 5.06 Å². The van der Waals surface area contributed by atoms with Crippen molar-refractivity contribution in [1.82, 2.24) is 4.90 Å². The van der Waals surface area contributed by atoms with Gasteiger partial charge in [0.2, 0.25) is 5.91 Å². The summed E-state index contributed by atoms with van der Waals surface area (Å²) in [6.07, 6.45) is 0. The van der Waals surface area contributed by atoms with Gasteiger partial charge in [0.1, 0.15) is 0 Å². The van der Waals surface area contributed by atoms with Gasteiger partial charge in [-0.05, 0) is 35.4 Å². The fourth-order valence-electron chi connectivity index (χ4n) is 4.09. The predicted octanol–water partition coefficient (Wildman–Crippen LogP) is 4.38. The number of carbonyl (C=O) groups excluding carboxylic acids is 1. The summed E-state index contributed by atoms with van der Waals surface area (Å²) >= 11 is 0. The van der Waals surface area contributed by atoms with Crippen molar-refractivity contribution in [2.45, 2.75) is 27.3 Å². The van der Waals surface area contributed by atoms with Crippen molar-refractivity contribution in [2.24, 2.45) is 17.8 Å². The maximum absolute atomic E-state index is 12.0. The van der Waals surface area contributed by atoms with Crippen LogP contribution in [0.2, 0.25) is 0 Å². The number of hydroxylamine groups is 1. The van der Waals surface area contributed by atoms with Crippen molar-refractivity contribution in [1.29, 1.82) is 0 Å². The standard InChI is InChI=1S/C23H30N2O2/c1-18-14-24(16-21-10-6-4-7-11-21)15-19(2)23(18)17-27-25(20(3)26)22-12-8-5-9-13-22/h4-13,18-19,23H,14-17H2,1-3H3. The van der Waals surface area contributed by atoms with Crippen LogP contribution in [0.5, 0.6) is 0 Å². The van der Waals surface area contributed by atoms with Crippen LogP contribution in [0.15, 0.2) is 60.7 Å². The summed E-state index contributed by atoms with van der Waals surface area (Å²) in [5.41, 5.74) is 2.14. The molecule has 1 amide bonds. The normalized spacial score (nSPS) is 23.1. The number of amides is 1. The molecule has 1 fully saturated rings. The average molecular weight is 367 g/mol. The van der Waals surface area contributed by atoms with E-state index in [9.17, 15) is 4.79 Å². The van der Waals surface area contributed by atoms with E-state index in [4.69, 9.17) is 4.84 Å². The molecule has 1 saturated heterocycles. The molecule has 2 unspecified atom stereocenters. The SMILES string of the molecule is CC(=O)N(OCC1C(C)CN(Cc2ccccc2)CC1C)c1ccccc1. The summed E-state index contributed by atoms with van der Waals surface area (Å²) in [6.45, 7) is 9.80. The highest BCUT2D eigenvalue weighted by Crippen LogP contribution is 2.30. The van der Waals surface area contributed by atoms with Crippen LogP contribution in [0.25, 0.3) is 0 Å². The quantitative estimate of drug-likeness (QED) is 0.712. The maximum Gasteiger partial charge on any atom is 0.247 e. The fraction of sp³-hybridized carbons (Fsp3) is 0.435. The third-order valence-electron chi connectivity index (χ3n) is 5.48. The molecule has 2 atom stereocenters. The predicted molar refractivity (Wildman–Crippen MR) is 109 cm³/mol. The Morgan fingerprint density at radius 2 is 1.56 bits per heavy atom. The van der Waals surface area contributed by atoms with Gasteiger partial charge < -0.3 is 0 Å². The Bertz CT molecular complexity index is 708. The maximum atomic E-state index is 12.0. The second-order valence-electron chi connectivity index (χ2n) is 7.74. The molecule has 27 heavy (non-hydrogen) atoms. The van der Waals surface area contributed by atoms with Crippen LogP contribution in [0.3, 0.4) is 0 Å². The summed E-state index contributed by atoms with van der Waals surface area (Å²) in [5, 5.41) is 1.43. The third-order valence-corrected chi connectivity index (χ3v) is 5.48. The Hall–Kier alpha value is -2.17. The van der Waals surface area contributed by atoms with E-state index in [0.717, 1.165) is 25.3 Å². The van der Waals surface area contributed by atoms with Gasteiger partial charge in [-0.25, -0.2) is 0 Å². The zero-order valence-corrected chi connectivity index (χ0v) is 16.5. The first-order chi connectivity index (χ1) is 13.0. The highest BCUT2D eigenvalue weighted by molar-refractivity contribution is 5.89. The van der Waals surface area contributed by atoms with Crippen LogP contribution < -0.4 is 5.06 Å². The number of anilines is 1. The third kappa shape index (κ3) is 5.18. The van der Waals surface area contributed by atoms with Gasteiger partial charge in [-0.3, -0.25) is 14.5 Å². The highest BCUT2D eigenvalue weighted by Gasteiger charge is 2.33. The minimum atomic E-state index is -0.0944. The Labute approximate surface area is 162 Å². The molecule has 1 heterocycles. The van der Waals surface area contributed by atoms with E-state index in [0.29, 0.717) is 24.4 Å². The van der Waals surface area contributed by atoms with Crippen molar-refractivity contribution in [3.8, 4) is 0 Å². The van der Waals surface area contributed by atoms with Gasteiger partial charge in [-0.15, -0.1) is 0 Å². The first kappa shape index (κ1) is 19.6. The molecule has 4 heteroatoms. The fourth-order valence-corrected chi connectivity index (χ4v) is 4.09. The minimum Gasteiger partial charge on any atom is -0.299 e. The Balaban J connectivity index is 1.58. The number of nitrogens with zero attached hydrogens (tertiary/aromatic N) is 2. The van der Waals surface area contributed by atoms with E-state index in [1.165, 1.54) is 10.6 Å². The summed E-state index contributed by atoms with van der Waals surface area (Å²) in [5.74, 6) is 1.37. The second-order valence-corrected chi connectivity index (χ2v) is 7.74. The zero-order valence-electron chi connectivity index (χ0n) is 16.5. The number of carbonyl (C=O) groups is 1. The molecule has 144 valence electrons. The lowest BCUT2D eigenvalue weighted by molar-refractivity contribution is -0.125. The molecule has 0 bridgehead atoms. The van der Waals surface area contributed by atoms with Gasteiger partial charge in [0.15, 0.2) is 0 Å². The van der Waals surface area contributed by atoms with Gasteiger partial charge in [0.25, 0.3) is 0 Å². The molecule has 2 aromatic carbocycles. The van der Waals surface area contributed by atoms with Crippen molar-refractivity contribution >= 4 is 11.6 Å². The molecule has 1 aliphatic rings. The van der Waals surface area contributed by atoms with Gasteiger partial charge in [-0.1, -0.05) is 62.4 Å². The topological polar surface area (TPSA) is 32.8 Å². The number of para-hydroxylation sites is 1. The summed E-state index contributed by atoms with van der Waals surface area (Å²) < 4.78 is 0. The van der Waals surface area contributed by atoms with Gasteiger partial charge >= 0.3 is 0 Å². The molecule has 2 aromatic rings. The van der Waals surface area contributed by atoms with Gasteiger partial charge in [0.05, 0.1) is 12.3 Å². The Kier molecular flexibility index (Phi) is 6.64.